The van der Waals surface area contributed by atoms with Gasteiger partial charge in [-0.05, 0) is 67.7 Å². The second-order valence-corrected chi connectivity index (χ2v) is 11.4. The van der Waals surface area contributed by atoms with Gasteiger partial charge in [0.05, 0.1) is 42.3 Å². The Morgan fingerprint density at radius 2 is 1.81 bits per heavy atom. The number of hydrogen-bond donors (Lipinski definition) is 3. The number of aliphatic hydroxyl groups is 1. The molecule has 0 spiro atoms. The predicted octanol–water partition coefficient (Wildman–Crippen LogP) is 5.74. The van der Waals surface area contributed by atoms with Gasteiger partial charge < -0.3 is 10.4 Å². The molecule has 2 aliphatic carbocycles. The number of rotatable bonds is 11. The minimum atomic E-state index is -4.42. The summed E-state index contributed by atoms with van der Waals surface area (Å²) in [4.78, 5) is 21.5. The number of nitrogens with one attached hydrogen (secondary N) is 2. The monoisotopic (exact) mass is 594 g/mol. The van der Waals surface area contributed by atoms with Crippen molar-refractivity contribution in [3.05, 3.63) is 59.3 Å². The van der Waals surface area contributed by atoms with E-state index in [4.69, 9.17) is 4.98 Å². The molecule has 228 valence electrons. The fraction of sp³-hybridized carbons (Fsp3) is 0.586. The fourth-order valence-electron chi connectivity index (χ4n) is 5.60. The minimum Gasteiger partial charge on any atom is -0.373 e. The highest BCUT2D eigenvalue weighted by Gasteiger charge is 2.40. The van der Waals surface area contributed by atoms with Crippen LogP contribution in [0.25, 0.3) is 5.65 Å². The number of hydrogen-bond acceptors (Lipinski definition) is 6. The Labute approximate surface area is 240 Å². The highest BCUT2D eigenvalue weighted by molar-refractivity contribution is 5.76. The SMILES string of the molecule is CCc1cccc(C(O)N[C@H](c2cn3ncc([C@H](NC(=O)CCC(F)(F)F)C4CC4)cc3n2)C2CCC(F)(F)CC2)n1. The smallest absolute Gasteiger partial charge is 0.373 e. The molecule has 3 aromatic rings. The van der Waals surface area contributed by atoms with Gasteiger partial charge in [0.25, 0.3) is 0 Å². The van der Waals surface area contributed by atoms with Crippen molar-refractivity contribution < 1.29 is 31.9 Å². The Bertz CT molecular complexity index is 1380. The van der Waals surface area contributed by atoms with E-state index in [1.165, 1.54) is 4.52 Å². The van der Waals surface area contributed by atoms with Gasteiger partial charge in [0.2, 0.25) is 11.8 Å². The topological polar surface area (TPSA) is 104 Å². The maximum atomic E-state index is 14.0. The van der Waals surface area contributed by atoms with E-state index in [9.17, 15) is 31.9 Å². The number of aryl methyl sites for hydroxylation is 1. The third kappa shape index (κ3) is 7.60. The Balaban J connectivity index is 1.39. The maximum Gasteiger partial charge on any atom is 0.389 e. The molecule has 2 saturated carbocycles. The number of carbonyl (C=O) groups is 1. The van der Waals surface area contributed by atoms with Gasteiger partial charge in [0.15, 0.2) is 5.65 Å². The second-order valence-electron chi connectivity index (χ2n) is 11.4. The first-order valence-corrected chi connectivity index (χ1v) is 14.4. The van der Waals surface area contributed by atoms with Gasteiger partial charge in [-0.2, -0.15) is 18.3 Å². The van der Waals surface area contributed by atoms with E-state index in [0.29, 0.717) is 29.0 Å². The van der Waals surface area contributed by atoms with E-state index >= 15 is 0 Å². The van der Waals surface area contributed by atoms with Crippen LogP contribution in [0.5, 0.6) is 0 Å². The molecular formula is C29H35F5N6O2. The molecule has 3 heterocycles. The van der Waals surface area contributed by atoms with Gasteiger partial charge >= 0.3 is 6.18 Å². The van der Waals surface area contributed by atoms with Crippen molar-refractivity contribution in [2.24, 2.45) is 11.8 Å². The van der Waals surface area contributed by atoms with Crippen LogP contribution in [-0.2, 0) is 11.2 Å². The molecule has 0 aromatic carbocycles. The number of halogens is 5. The molecule has 1 amide bonds. The molecular weight excluding hydrogens is 559 g/mol. The molecule has 2 aliphatic rings. The number of pyridine rings is 1. The normalized spacial score (nSPS) is 19.9. The van der Waals surface area contributed by atoms with Crippen molar-refractivity contribution in [2.45, 2.75) is 95.1 Å². The summed E-state index contributed by atoms with van der Waals surface area (Å²) in [6, 6.07) is 6.03. The van der Waals surface area contributed by atoms with Crippen LogP contribution in [0, 0.1) is 11.8 Å². The lowest BCUT2D eigenvalue weighted by Crippen LogP contribution is -2.36. The molecule has 8 nitrogen and oxygen atoms in total. The van der Waals surface area contributed by atoms with E-state index in [-0.39, 0.29) is 37.5 Å². The van der Waals surface area contributed by atoms with Gasteiger partial charge in [-0.3, -0.25) is 15.1 Å². The molecule has 0 saturated heterocycles. The quantitative estimate of drug-likeness (QED) is 0.193. The average Bonchev–Trinajstić information content (AvgIpc) is 3.71. The third-order valence-electron chi connectivity index (χ3n) is 8.12. The highest BCUT2D eigenvalue weighted by Crippen LogP contribution is 2.43. The average molecular weight is 595 g/mol. The molecule has 13 heteroatoms. The van der Waals surface area contributed by atoms with Crippen molar-refractivity contribution in [1.29, 1.82) is 0 Å². The first-order valence-electron chi connectivity index (χ1n) is 14.4. The molecule has 5 rings (SSSR count). The van der Waals surface area contributed by atoms with Crippen molar-refractivity contribution in [3.63, 3.8) is 0 Å². The van der Waals surface area contributed by atoms with E-state index < -0.39 is 49.2 Å². The molecule has 0 radical (unpaired) electrons. The summed E-state index contributed by atoms with van der Waals surface area (Å²) < 4.78 is 67.4. The largest absolute Gasteiger partial charge is 0.389 e. The summed E-state index contributed by atoms with van der Waals surface area (Å²) in [5.41, 5.74) is 2.80. The molecule has 3 aromatic heterocycles. The summed E-state index contributed by atoms with van der Waals surface area (Å²) >= 11 is 0. The van der Waals surface area contributed by atoms with Crippen LogP contribution in [0.15, 0.2) is 36.7 Å². The fourth-order valence-corrected chi connectivity index (χ4v) is 5.60. The second kappa shape index (κ2) is 12.2. The van der Waals surface area contributed by atoms with Crippen molar-refractivity contribution in [3.8, 4) is 0 Å². The van der Waals surface area contributed by atoms with Crippen molar-refractivity contribution in [2.75, 3.05) is 0 Å². The lowest BCUT2D eigenvalue weighted by molar-refractivity contribution is -0.144. The van der Waals surface area contributed by atoms with Crippen LogP contribution in [-0.4, -0.2) is 42.7 Å². The molecule has 1 unspecified atom stereocenters. The number of aromatic nitrogens is 4. The summed E-state index contributed by atoms with van der Waals surface area (Å²) in [5.74, 6) is -3.54. The van der Waals surface area contributed by atoms with Gasteiger partial charge in [-0.1, -0.05) is 13.0 Å². The zero-order valence-corrected chi connectivity index (χ0v) is 23.2. The number of nitrogens with zero attached hydrogens (tertiary/aromatic N) is 4. The summed E-state index contributed by atoms with van der Waals surface area (Å²) in [6.07, 6.45) is -1.88. The number of fused-ring (bicyclic) bond motifs is 1. The Kier molecular flexibility index (Phi) is 8.79. The zero-order valence-electron chi connectivity index (χ0n) is 23.2. The molecule has 0 aliphatic heterocycles. The van der Waals surface area contributed by atoms with Crippen LogP contribution in [0.3, 0.4) is 0 Å². The van der Waals surface area contributed by atoms with Gasteiger partial charge in [-0.15, -0.1) is 0 Å². The van der Waals surface area contributed by atoms with Crippen molar-refractivity contribution >= 4 is 11.6 Å². The van der Waals surface area contributed by atoms with Crippen LogP contribution < -0.4 is 10.6 Å². The summed E-state index contributed by atoms with van der Waals surface area (Å²) in [6.45, 7) is 1.95. The van der Waals surface area contributed by atoms with Gasteiger partial charge in [0, 0.05) is 25.0 Å². The Hall–Kier alpha value is -3.19. The number of amides is 1. The molecule has 42 heavy (non-hydrogen) atoms. The predicted molar refractivity (Wildman–Crippen MR) is 143 cm³/mol. The first kappa shape index (κ1) is 30.3. The molecule has 0 bridgehead atoms. The Morgan fingerprint density at radius 3 is 2.48 bits per heavy atom. The number of alkyl halides is 5. The van der Waals surface area contributed by atoms with Crippen molar-refractivity contribution in [1.82, 2.24) is 30.2 Å². The number of aliphatic hydroxyl groups excluding tert-OH is 1. The molecule has 3 N–H and O–H groups in total. The zero-order chi connectivity index (χ0) is 30.1. The maximum absolute atomic E-state index is 14.0. The van der Waals surface area contributed by atoms with Gasteiger partial charge in [-0.25, -0.2) is 18.3 Å². The molecule has 3 atom stereocenters. The van der Waals surface area contributed by atoms with Crippen LogP contribution in [0.1, 0.15) is 99.2 Å². The summed E-state index contributed by atoms with van der Waals surface area (Å²) in [5, 5.41) is 21.4. The van der Waals surface area contributed by atoms with Gasteiger partial charge in [0.1, 0.15) is 6.23 Å². The van der Waals surface area contributed by atoms with Crippen LogP contribution >= 0.6 is 0 Å². The van der Waals surface area contributed by atoms with E-state index in [0.717, 1.165) is 18.5 Å². The highest BCUT2D eigenvalue weighted by atomic mass is 19.4. The van der Waals surface area contributed by atoms with Crippen LogP contribution in [0.4, 0.5) is 22.0 Å². The standard InChI is InChI=1S/C29H35F5N6O2/c1-2-20-4-3-5-21(36-20)27(42)39-26(18-8-11-28(30,31)12-9-18)22-16-40-23(37-22)14-19(15-35-40)25(17-6-7-17)38-24(41)10-13-29(32,33)34/h3-5,14-18,25-27,39,42H,2,6-13H2,1H3,(H,38,41)/t25-,26+,27?/m1/s1. The third-order valence-corrected chi connectivity index (χ3v) is 8.12. The molecule has 2 fully saturated rings. The first-order chi connectivity index (χ1) is 19.9. The lowest BCUT2D eigenvalue weighted by atomic mass is 9.81. The number of carbonyl (C=O) groups excluding carboxylic acids is 1. The van der Waals surface area contributed by atoms with E-state index in [1.54, 1.807) is 30.6 Å². The summed E-state index contributed by atoms with van der Waals surface area (Å²) in [7, 11) is 0. The minimum absolute atomic E-state index is 0.0957. The van der Waals surface area contributed by atoms with Crippen LogP contribution in [0.2, 0.25) is 0 Å². The number of imidazole rings is 1. The van der Waals surface area contributed by atoms with E-state index in [1.807, 2.05) is 13.0 Å². The lowest BCUT2D eigenvalue weighted by Gasteiger charge is -2.34. The Morgan fingerprint density at radius 1 is 1.10 bits per heavy atom. The van der Waals surface area contributed by atoms with E-state index in [2.05, 4.69) is 20.7 Å².